The maximum atomic E-state index is 12.8. The van der Waals surface area contributed by atoms with Gasteiger partial charge in [-0.1, -0.05) is 41.1 Å². The molecular weight excluding hydrogens is 456 g/mol. The smallest absolute Gasteiger partial charge is 0.260 e. The number of methoxy groups -OCH3 is 1. The SMILES string of the molecule is COc1cc(-c2noc(-c3ccc(C)cc3)n2)ccc1OCC(=O)N1CCN(c2ccccc2)CC1. The molecule has 1 fully saturated rings. The molecule has 2 heterocycles. The lowest BCUT2D eigenvalue weighted by Crippen LogP contribution is -2.50. The number of nitrogens with zero attached hydrogens (tertiary/aromatic N) is 4. The first-order valence-electron chi connectivity index (χ1n) is 11.9. The van der Waals surface area contributed by atoms with Crippen LogP contribution in [-0.4, -0.2) is 60.8 Å². The molecular formula is C28H28N4O4. The molecule has 0 bridgehead atoms. The number of hydrogen-bond donors (Lipinski definition) is 0. The molecule has 0 unspecified atom stereocenters. The minimum Gasteiger partial charge on any atom is -0.493 e. The lowest BCUT2D eigenvalue weighted by molar-refractivity contribution is -0.133. The number of piperazine rings is 1. The maximum absolute atomic E-state index is 12.8. The topological polar surface area (TPSA) is 80.9 Å². The summed E-state index contributed by atoms with van der Waals surface area (Å²) >= 11 is 0. The molecule has 36 heavy (non-hydrogen) atoms. The molecule has 1 saturated heterocycles. The standard InChI is InChI=1S/C28H28N4O4/c1-20-8-10-21(11-9-20)28-29-27(30-36-28)22-12-13-24(25(18-22)34-2)35-19-26(33)32-16-14-31(15-17-32)23-6-4-3-5-7-23/h3-13,18H,14-17,19H2,1-2H3. The molecule has 0 radical (unpaired) electrons. The van der Waals surface area contributed by atoms with Gasteiger partial charge in [-0.25, -0.2) is 0 Å². The van der Waals surface area contributed by atoms with Crippen LogP contribution in [0.15, 0.2) is 77.3 Å². The van der Waals surface area contributed by atoms with Crippen molar-refractivity contribution >= 4 is 11.6 Å². The summed E-state index contributed by atoms with van der Waals surface area (Å²) in [5, 5.41) is 4.11. The van der Waals surface area contributed by atoms with Crippen LogP contribution in [0.1, 0.15) is 5.56 Å². The van der Waals surface area contributed by atoms with E-state index in [1.165, 1.54) is 5.69 Å². The maximum Gasteiger partial charge on any atom is 0.260 e. The van der Waals surface area contributed by atoms with Gasteiger partial charge in [-0.15, -0.1) is 0 Å². The molecule has 3 aromatic carbocycles. The van der Waals surface area contributed by atoms with Crippen molar-refractivity contribution in [2.24, 2.45) is 0 Å². The van der Waals surface area contributed by atoms with Gasteiger partial charge in [-0.3, -0.25) is 4.79 Å². The van der Waals surface area contributed by atoms with Crippen molar-refractivity contribution in [3.05, 3.63) is 78.4 Å². The highest BCUT2D eigenvalue weighted by molar-refractivity contribution is 5.78. The number of ether oxygens (including phenoxy) is 2. The van der Waals surface area contributed by atoms with E-state index in [0.717, 1.165) is 29.8 Å². The normalized spacial score (nSPS) is 13.5. The first-order valence-corrected chi connectivity index (χ1v) is 11.9. The molecule has 4 aromatic rings. The number of carbonyl (C=O) groups excluding carboxylic acids is 1. The number of carbonyl (C=O) groups is 1. The molecule has 1 aliphatic rings. The van der Waals surface area contributed by atoms with Gasteiger partial charge in [0.15, 0.2) is 18.1 Å². The Bertz CT molecular complexity index is 1310. The van der Waals surface area contributed by atoms with Gasteiger partial charge >= 0.3 is 0 Å². The average Bonchev–Trinajstić information content (AvgIpc) is 3.43. The molecule has 8 nitrogen and oxygen atoms in total. The Hall–Kier alpha value is -4.33. The van der Waals surface area contributed by atoms with Crippen LogP contribution in [0.4, 0.5) is 5.69 Å². The van der Waals surface area contributed by atoms with Crippen molar-refractivity contribution < 1.29 is 18.8 Å². The molecule has 0 N–H and O–H groups in total. The van der Waals surface area contributed by atoms with Crippen molar-refractivity contribution in [3.63, 3.8) is 0 Å². The first-order chi connectivity index (χ1) is 17.6. The largest absolute Gasteiger partial charge is 0.493 e. The van der Waals surface area contributed by atoms with Crippen molar-refractivity contribution in [2.75, 3.05) is 44.8 Å². The zero-order valence-electron chi connectivity index (χ0n) is 20.4. The van der Waals surface area contributed by atoms with E-state index in [-0.39, 0.29) is 12.5 Å². The Morgan fingerprint density at radius 1 is 0.917 bits per heavy atom. The predicted molar refractivity (Wildman–Crippen MR) is 137 cm³/mol. The molecule has 184 valence electrons. The third-order valence-corrected chi connectivity index (χ3v) is 6.25. The van der Waals surface area contributed by atoms with Crippen molar-refractivity contribution in [1.82, 2.24) is 15.0 Å². The number of aryl methyl sites for hydroxylation is 1. The lowest BCUT2D eigenvalue weighted by Gasteiger charge is -2.36. The van der Waals surface area contributed by atoms with E-state index >= 15 is 0 Å². The van der Waals surface area contributed by atoms with Gasteiger partial charge < -0.3 is 23.8 Å². The van der Waals surface area contributed by atoms with Crippen LogP contribution in [0.2, 0.25) is 0 Å². The van der Waals surface area contributed by atoms with E-state index in [9.17, 15) is 4.79 Å². The summed E-state index contributed by atoms with van der Waals surface area (Å²) in [4.78, 5) is 21.4. The Balaban J connectivity index is 1.20. The number of aromatic nitrogens is 2. The number of benzene rings is 3. The first kappa shape index (κ1) is 23.4. The quantitative estimate of drug-likeness (QED) is 0.383. The summed E-state index contributed by atoms with van der Waals surface area (Å²) in [5.41, 5.74) is 3.92. The predicted octanol–water partition coefficient (Wildman–Crippen LogP) is 4.45. The van der Waals surface area contributed by atoms with Gasteiger partial charge in [0, 0.05) is 43.0 Å². The van der Waals surface area contributed by atoms with Crippen molar-refractivity contribution in [2.45, 2.75) is 6.92 Å². The van der Waals surface area contributed by atoms with E-state index in [4.69, 9.17) is 14.0 Å². The third-order valence-electron chi connectivity index (χ3n) is 6.25. The van der Waals surface area contributed by atoms with Crippen LogP contribution in [-0.2, 0) is 4.79 Å². The summed E-state index contributed by atoms with van der Waals surface area (Å²) in [6, 6.07) is 23.5. The van der Waals surface area contributed by atoms with Crippen LogP contribution in [0, 0.1) is 6.92 Å². The minimum absolute atomic E-state index is 0.0465. The van der Waals surface area contributed by atoms with Gasteiger partial charge in [0.2, 0.25) is 5.82 Å². The lowest BCUT2D eigenvalue weighted by atomic mass is 10.1. The zero-order valence-corrected chi connectivity index (χ0v) is 20.4. The molecule has 0 aliphatic carbocycles. The second-order valence-electron chi connectivity index (χ2n) is 8.65. The summed E-state index contributed by atoms with van der Waals surface area (Å²) in [7, 11) is 1.56. The summed E-state index contributed by atoms with van der Waals surface area (Å²) in [5.74, 6) is 1.83. The molecule has 0 spiro atoms. The Kier molecular flexibility index (Phi) is 6.84. The van der Waals surface area contributed by atoms with Crippen LogP contribution < -0.4 is 14.4 Å². The van der Waals surface area contributed by atoms with E-state index in [1.54, 1.807) is 19.2 Å². The molecule has 1 amide bonds. The minimum atomic E-state index is -0.0547. The van der Waals surface area contributed by atoms with Crippen LogP contribution in [0.5, 0.6) is 11.5 Å². The summed E-state index contributed by atoms with van der Waals surface area (Å²) in [6.45, 7) is 4.88. The zero-order chi connectivity index (χ0) is 24.9. The number of para-hydroxylation sites is 1. The Morgan fingerprint density at radius 2 is 1.64 bits per heavy atom. The third kappa shape index (κ3) is 5.17. The van der Waals surface area contributed by atoms with E-state index in [0.29, 0.717) is 36.3 Å². The highest BCUT2D eigenvalue weighted by Gasteiger charge is 2.22. The van der Waals surface area contributed by atoms with E-state index < -0.39 is 0 Å². The summed E-state index contributed by atoms with van der Waals surface area (Å²) < 4.78 is 16.8. The molecule has 8 heteroatoms. The molecule has 0 atom stereocenters. The Labute approximate surface area is 210 Å². The number of hydrogen-bond acceptors (Lipinski definition) is 7. The van der Waals surface area contributed by atoms with Crippen molar-refractivity contribution in [3.8, 4) is 34.3 Å². The highest BCUT2D eigenvalue weighted by Crippen LogP contribution is 2.32. The summed E-state index contributed by atoms with van der Waals surface area (Å²) in [6.07, 6.45) is 0. The fourth-order valence-electron chi connectivity index (χ4n) is 4.16. The molecule has 1 aromatic heterocycles. The second-order valence-corrected chi connectivity index (χ2v) is 8.65. The van der Waals surface area contributed by atoms with Gasteiger partial charge in [0.25, 0.3) is 11.8 Å². The molecule has 0 saturated carbocycles. The monoisotopic (exact) mass is 484 g/mol. The fraction of sp³-hybridized carbons (Fsp3) is 0.250. The molecule has 1 aliphatic heterocycles. The highest BCUT2D eigenvalue weighted by atomic mass is 16.5. The number of rotatable bonds is 7. The average molecular weight is 485 g/mol. The van der Waals surface area contributed by atoms with Gasteiger partial charge in [-0.05, 0) is 49.4 Å². The van der Waals surface area contributed by atoms with Crippen LogP contribution in [0.3, 0.4) is 0 Å². The van der Waals surface area contributed by atoms with E-state index in [2.05, 4.69) is 27.2 Å². The number of amides is 1. The van der Waals surface area contributed by atoms with Gasteiger partial charge in [0.1, 0.15) is 0 Å². The fourth-order valence-corrected chi connectivity index (χ4v) is 4.16. The van der Waals surface area contributed by atoms with Crippen LogP contribution >= 0.6 is 0 Å². The number of anilines is 1. The second kappa shape index (κ2) is 10.5. The van der Waals surface area contributed by atoms with Gasteiger partial charge in [0.05, 0.1) is 7.11 Å². The van der Waals surface area contributed by atoms with Crippen LogP contribution in [0.25, 0.3) is 22.8 Å². The van der Waals surface area contributed by atoms with E-state index in [1.807, 2.05) is 60.4 Å². The molecule has 5 rings (SSSR count). The Morgan fingerprint density at radius 3 is 2.36 bits per heavy atom. The van der Waals surface area contributed by atoms with Gasteiger partial charge in [-0.2, -0.15) is 4.98 Å². The van der Waals surface area contributed by atoms with Crippen molar-refractivity contribution in [1.29, 1.82) is 0 Å².